The van der Waals surface area contributed by atoms with Crippen LogP contribution in [-0.2, 0) is 0 Å². The molecular formula is C51H32N4S. The molecule has 0 aliphatic rings. The number of thiophene rings is 1. The van der Waals surface area contributed by atoms with Gasteiger partial charge in [-0.3, -0.25) is 0 Å². The van der Waals surface area contributed by atoms with Gasteiger partial charge in [0.05, 0.1) is 27.7 Å². The van der Waals surface area contributed by atoms with E-state index in [0.717, 1.165) is 53.6 Å². The molecule has 5 heteroatoms. The summed E-state index contributed by atoms with van der Waals surface area (Å²) in [5.41, 5.74) is 6.11. The summed E-state index contributed by atoms with van der Waals surface area (Å²) in [6, 6.07) is 44.2. The van der Waals surface area contributed by atoms with Crippen molar-refractivity contribution < 1.29 is 11.0 Å². The molecular weight excluding hydrogens is 701 g/mol. The van der Waals surface area contributed by atoms with E-state index in [1.165, 1.54) is 4.57 Å². The minimum Gasteiger partial charge on any atom is -0.309 e. The van der Waals surface area contributed by atoms with E-state index in [4.69, 9.17) is 23.2 Å². The standard InChI is InChI=1S/C51H32N4S/c1-3-14-33(15-4-1)34-26-28-35(29-27-34)37-30-31-46(55-44-23-10-7-18-38(44)39-19-8-11-24-45(39)55)43(32-37)51-53-49(36-16-5-2-6-17-36)52-50(54-51)42-22-13-21-41-40-20-9-12-25-47(40)56-48(41)42/h1-32H/i7D,8D,10D,11D,18D,19D,23D,24D. The zero-order valence-electron chi connectivity index (χ0n) is 37.6. The molecule has 262 valence electrons. The Labute approximate surface area is 338 Å². The first-order valence-electron chi connectivity index (χ1n) is 22.1. The van der Waals surface area contributed by atoms with Crippen LogP contribution in [0.5, 0.6) is 0 Å². The van der Waals surface area contributed by atoms with E-state index in [9.17, 15) is 2.74 Å². The minimum absolute atomic E-state index is 0.00169. The smallest absolute Gasteiger partial charge is 0.166 e. The number of aromatic nitrogens is 4. The normalized spacial score (nSPS) is 13.6. The van der Waals surface area contributed by atoms with Crippen molar-refractivity contribution >= 4 is 53.3 Å². The minimum atomic E-state index is -0.511. The number of hydrogen-bond donors (Lipinski definition) is 0. The molecule has 0 atom stereocenters. The maximum Gasteiger partial charge on any atom is 0.166 e. The molecule has 56 heavy (non-hydrogen) atoms. The molecule has 11 aromatic rings. The van der Waals surface area contributed by atoms with Crippen molar-refractivity contribution in [1.82, 2.24) is 19.5 Å². The number of fused-ring (bicyclic) bond motifs is 6. The maximum absolute atomic E-state index is 9.29. The van der Waals surface area contributed by atoms with Gasteiger partial charge in [0.15, 0.2) is 17.5 Å². The summed E-state index contributed by atoms with van der Waals surface area (Å²) in [6.45, 7) is 0. The van der Waals surface area contributed by atoms with Crippen molar-refractivity contribution in [3.05, 3.63) is 194 Å². The van der Waals surface area contributed by atoms with Crippen LogP contribution in [-0.4, -0.2) is 19.5 Å². The number of para-hydroxylation sites is 2. The molecule has 4 nitrogen and oxygen atoms in total. The van der Waals surface area contributed by atoms with E-state index in [2.05, 4.69) is 42.5 Å². The number of rotatable bonds is 6. The molecule has 0 saturated carbocycles. The van der Waals surface area contributed by atoms with Crippen LogP contribution >= 0.6 is 11.3 Å². The highest BCUT2D eigenvalue weighted by Crippen LogP contribution is 2.41. The highest BCUT2D eigenvalue weighted by atomic mass is 32.1. The van der Waals surface area contributed by atoms with Crippen LogP contribution in [0, 0.1) is 0 Å². The second-order valence-corrected chi connectivity index (χ2v) is 14.5. The highest BCUT2D eigenvalue weighted by Gasteiger charge is 2.21. The number of nitrogens with zero attached hydrogens (tertiary/aromatic N) is 4. The molecule has 0 aliphatic heterocycles. The number of benzene rings is 8. The van der Waals surface area contributed by atoms with E-state index in [1.54, 1.807) is 17.4 Å². The van der Waals surface area contributed by atoms with Crippen LogP contribution in [0.1, 0.15) is 11.0 Å². The Morgan fingerprint density at radius 1 is 0.411 bits per heavy atom. The van der Waals surface area contributed by atoms with Crippen LogP contribution in [0.25, 0.3) is 104 Å². The van der Waals surface area contributed by atoms with Gasteiger partial charge < -0.3 is 4.57 Å². The lowest BCUT2D eigenvalue weighted by atomic mass is 9.98. The lowest BCUT2D eigenvalue weighted by molar-refractivity contribution is 1.07. The largest absolute Gasteiger partial charge is 0.309 e. The van der Waals surface area contributed by atoms with E-state index in [0.29, 0.717) is 22.9 Å². The molecule has 0 saturated heterocycles. The van der Waals surface area contributed by atoms with E-state index in [1.807, 2.05) is 97.1 Å². The Morgan fingerprint density at radius 3 is 1.66 bits per heavy atom. The van der Waals surface area contributed by atoms with Crippen LogP contribution in [0.15, 0.2) is 194 Å². The molecule has 0 radical (unpaired) electrons. The van der Waals surface area contributed by atoms with Gasteiger partial charge in [-0.2, -0.15) is 0 Å². The van der Waals surface area contributed by atoms with Crippen molar-refractivity contribution in [2.45, 2.75) is 0 Å². The monoisotopic (exact) mass is 740 g/mol. The Kier molecular flexibility index (Phi) is 5.92. The van der Waals surface area contributed by atoms with Crippen LogP contribution in [0.2, 0.25) is 0 Å². The van der Waals surface area contributed by atoms with Gasteiger partial charge in [0.25, 0.3) is 0 Å². The summed E-state index contributed by atoms with van der Waals surface area (Å²) in [4.78, 5) is 15.5. The first kappa shape index (κ1) is 25.0. The van der Waals surface area contributed by atoms with Gasteiger partial charge in [0, 0.05) is 47.6 Å². The van der Waals surface area contributed by atoms with Gasteiger partial charge in [-0.1, -0.05) is 158 Å². The fraction of sp³-hybridized carbons (Fsp3) is 0. The zero-order valence-corrected chi connectivity index (χ0v) is 30.4. The highest BCUT2D eigenvalue weighted by molar-refractivity contribution is 7.26. The SMILES string of the molecule is [2H]c1c([2H])c([2H])c2c(c1[2H])c1c([2H])c([2H])c([2H])c([2H])c1n2-c1ccc(-c2ccc(-c3ccccc3)cc2)cc1-c1nc(-c2ccccc2)nc(-c2cccc3c2sc2ccccc23)n1. The van der Waals surface area contributed by atoms with Crippen molar-refractivity contribution in [2.75, 3.05) is 0 Å². The quantitative estimate of drug-likeness (QED) is 0.170. The van der Waals surface area contributed by atoms with Gasteiger partial charge in [-0.05, 0) is 58.6 Å². The second-order valence-electron chi connectivity index (χ2n) is 13.4. The summed E-state index contributed by atoms with van der Waals surface area (Å²) in [5, 5.41) is 2.15. The predicted octanol–water partition coefficient (Wildman–Crippen LogP) is 13.7. The van der Waals surface area contributed by atoms with E-state index < -0.39 is 48.3 Å². The molecule has 0 spiro atoms. The zero-order chi connectivity index (χ0) is 44.0. The fourth-order valence-corrected chi connectivity index (χ4v) is 8.71. The summed E-state index contributed by atoms with van der Waals surface area (Å²) in [7, 11) is 0. The molecule has 0 unspecified atom stereocenters. The topological polar surface area (TPSA) is 43.6 Å². The Hall–Kier alpha value is -7.21. The van der Waals surface area contributed by atoms with Gasteiger partial charge in [-0.15, -0.1) is 11.3 Å². The summed E-state index contributed by atoms with van der Waals surface area (Å²) >= 11 is 1.65. The van der Waals surface area contributed by atoms with Gasteiger partial charge in [-0.25, -0.2) is 15.0 Å². The maximum atomic E-state index is 9.29. The predicted molar refractivity (Wildman–Crippen MR) is 234 cm³/mol. The second kappa shape index (κ2) is 13.3. The van der Waals surface area contributed by atoms with Crippen LogP contribution < -0.4 is 0 Å². The van der Waals surface area contributed by atoms with Crippen molar-refractivity contribution in [1.29, 1.82) is 0 Å². The van der Waals surface area contributed by atoms with Gasteiger partial charge in [0.2, 0.25) is 0 Å². The van der Waals surface area contributed by atoms with E-state index in [-0.39, 0.29) is 27.6 Å². The lowest BCUT2D eigenvalue weighted by Gasteiger charge is -2.16. The van der Waals surface area contributed by atoms with Crippen LogP contribution in [0.3, 0.4) is 0 Å². The van der Waals surface area contributed by atoms with Gasteiger partial charge >= 0.3 is 0 Å². The van der Waals surface area contributed by atoms with Crippen LogP contribution in [0.4, 0.5) is 0 Å². The fourth-order valence-electron chi connectivity index (χ4n) is 7.49. The molecule has 0 amide bonds. The molecule has 11 rings (SSSR count). The molecule has 0 N–H and O–H groups in total. The summed E-state index contributed by atoms with van der Waals surface area (Å²) in [6.07, 6.45) is 0. The van der Waals surface area contributed by atoms with Crippen molar-refractivity contribution in [3.63, 3.8) is 0 Å². The van der Waals surface area contributed by atoms with E-state index >= 15 is 0 Å². The number of hydrogen-bond acceptors (Lipinski definition) is 4. The third-order valence-corrected chi connectivity index (χ3v) is 11.4. The van der Waals surface area contributed by atoms with Crippen molar-refractivity contribution in [2.24, 2.45) is 0 Å². The van der Waals surface area contributed by atoms with Gasteiger partial charge in [0.1, 0.15) is 0 Å². The Balaban J connectivity index is 1.25. The molecule has 0 bridgehead atoms. The average molecular weight is 741 g/mol. The molecule has 3 aromatic heterocycles. The third-order valence-electron chi connectivity index (χ3n) is 10.1. The summed E-state index contributed by atoms with van der Waals surface area (Å²) < 4.78 is 75.2. The lowest BCUT2D eigenvalue weighted by Crippen LogP contribution is -2.04. The molecule has 8 aromatic carbocycles. The Morgan fingerprint density at radius 2 is 0.946 bits per heavy atom. The average Bonchev–Trinajstić information content (AvgIpc) is 3.91. The molecule has 0 fully saturated rings. The first-order chi connectivity index (χ1) is 31.1. The molecule has 0 aliphatic carbocycles. The summed E-state index contributed by atoms with van der Waals surface area (Å²) in [5.74, 6) is 1.06. The Bertz CT molecular complexity index is 3630. The van der Waals surface area contributed by atoms with Crippen molar-refractivity contribution in [3.8, 4) is 62.1 Å². The molecule has 3 heterocycles. The first-order valence-corrected chi connectivity index (χ1v) is 18.9. The third kappa shape index (κ3) is 5.40.